The van der Waals surface area contributed by atoms with Crippen LogP contribution in [-0.4, -0.2) is 60.5 Å². The smallest absolute Gasteiger partial charge is 1.00 e. The molecule has 9 heavy (non-hydrogen) atoms. The Morgan fingerprint density at radius 1 is 1.33 bits per heavy atom. The largest absolute Gasteiger partial charge is 2.00 e. The molecular formula is H5CaNO6S. The summed E-state index contributed by atoms with van der Waals surface area (Å²) in [6.45, 7) is 0. The molecule has 0 aliphatic heterocycles. The first-order chi connectivity index (χ1) is 3.41. The van der Waals surface area contributed by atoms with Gasteiger partial charge in [-0.3, -0.25) is 9.11 Å². The van der Waals surface area contributed by atoms with E-state index in [-0.39, 0.29) is 40.6 Å². The van der Waals surface area contributed by atoms with Crippen LogP contribution in [0, 0.1) is 4.91 Å². The molecule has 0 atom stereocenters. The van der Waals surface area contributed by atoms with Gasteiger partial charge in [0.15, 0.2) is 5.34 Å². The second-order valence-electron chi connectivity index (χ2n) is 0.529. The summed E-state index contributed by atoms with van der Waals surface area (Å²) in [4.78, 5) is 8.11. The Morgan fingerprint density at radius 3 is 1.33 bits per heavy atom. The van der Waals surface area contributed by atoms with Crippen molar-refractivity contribution < 1.29 is 25.6 Å². The molecule has 0 aliphatic carbocycles. The molecule has 0 unspecified atom stereocenters. The number of hydrogen-bond donors (Lipinski definition) is 3. The Labute approximate surface area is 83.5 Å². The van der Waals surface area contributed by atoms with Crippen molar-refractivity contribution in [1.29, 1.82) is 0 Å². The molecule has 0 bridgehead atoms. The Bertz CT molecular complexity index is 135. The van der Waals surface area contributed by atoms with Crippen molar-refractivity contribution in [2.75, 3.05) is 0 Å². The molecule has 0 aromatic carbocycles. The van der Waals surface area contributed by atoms with E-state index in [2.05, 4.69) is 0 Å². The second kappa shape index (κ2) is 8.53. The van der Waals surface area contributed by atoms with Gasteiger partial charge in [-0.05, 0) is 0 Å². The van der Waals surface area contributed by atoms with Gasteiger partial charge >= 0.3 is 48.1 Å². The maximum absolute atomic E-state index is 8.74. The van der Waals surface area contributed by atoms with Crippen LogP contribution >= 0.6 is 0 Å². The van der Waals surface area contributed by atoms with Gasteiger partial charge in [0, 0.05) is 0 Å². The van der Waals surface area contributed by atoms with E-state index in [1.165, 1.54) is 5.34 Å². The maximum atomic E-state index is 8.74. The fourth-order valence-corrected chi connectivity index (χ4v) is 0. The topological polar surface area (TPSA) is 124 Å². The van der Waals surface area contributed by atoms with Crippen LogP contribution in [0.1, 0.15) is 2.85 Å². The van der Waals surface area contributed by atoms with Gasteiger partial charge in [-0.2, -0.15) is 8.42 Å². The van der Waals surface area contributed by atoms with Crippen LogP contribution in [-0.2, 0) is 10.4 Å². The van der Waals surface area contributed by atoms with Gasteiger partial charge in [0.25, 0.3) is 0 Å². The molecule has 9 heteroatoms. The van der Waals surface area contributed by atoms with Crippen LogP contribution in [0.5, 0.6) is 0 Å². The molecule has 0 saturated carbocycles. The number of nitrogens with zero attached hydrogens (tertiary/aromatic N) is 1. The van der Waals surface area contributed by atoms with Crippen molar-refractivity contribution in [3.05, 3.63) is 4.91 Å². The van der Waals surface area contributed by atoms with E-state index in [4.69, 9.17) is 27.6 Å². The molecule has 0 amide bonds. The number of hydrogen-bond acceptors (Lipinski definition) is 4. The van der Waals surface area contributed by atoms with Crippen molar-refractivity contribution in [1.82, 2.24) is 0 Å². The van der Waals surface area contributed by atoms with Crippen LogP contribution in [0.25, 0.3) is 0 Å². The van der Waals surface area contributed by atoms with Gasteiger partial charge in [0.1, 0.15) is 0 Å². The average molecular weight is 187 g/mol. The standard InChI is InChI=1S/Ca.HNO2.H2O4S.2H/c;2-1-3;1-5(2,3)4;;/h;(H,2,3);(H2,1,2,3,4);;/q+2;;;2*-1. The van der Waals surface area contributed by atoms with E-state index in [1.54, 1.807) is 0 Å². The van der Waals surface area contributed by atoms with E-state index >= 15 is 0 Å². The van der Waals surface area contributed by atoms with Crippen molar-refractivity contribution in [3.63, 3.8) is 0 Å². The van der Waals surface area contributed by atoms with Gasteiger partial charge in [-0.15, -0.1) is 4.91 Å². The van der Waals surface area contributed by atoms with Crippen LogP contribution in [0.2, 0.25) is 0 Å². The summed E-state index contributed by atoms with van der Waals surface area (Å²) in [5.41, 5.74) is 0. The van der Waals surface area contributed by atoms with Gasteiger partial charge < -0.3 is 8.06 Å². The maximum Gasteiger partial charge on any atom is 2.00 e. The zero-order valence-corrected chi connectivity index (χ0v) is 7.15. The second-order valence-corrected chi connectivity index (χ2v) is 1.43. The van der Waals surface area contributed by atoms with Crippen LogP contribution in [0.15, 0.2) is 5.34 Å². The molecule has 7 nitrogen and oxygen atoms in total. The molecule has 0 aromatic heterocycles. The molecule has 0 radical (unpaired) electrons. The fraction of sp³-hybridized carbons (Fsp3) is 0. The van der Waals surface area contributed by atoms with Crippen molar-refractivity contribution in [3.8, 4) is 0 Å². The molecule has 0 aromatic rings. The molecule has 3 N–H and O–H groups in total. The first kappa shape index (κ1) is 16.3. The van der Waals surface area contributed by atoms with Gasteiger partial charge in [-0.1, -0.05) is 0 Å². The average Bonchev–Trinajstić information content (AvgIpc) is 1.27. The summed E-state index contributed by atoms with van der Waals surface area (Å²) in [5, 5.41) is 7.89. The van der Waals surface area contributed by atoms with Crippen LogP contribution in [0.3, 0.4) is 0 Å². The van der Waals surface area contributed by atoms with E-state index < -0.39 is 10.4 Å². The molecule has 0 fully saturated rings. The molecule has 0 spiro atoms. The molecular weight excluding hydrogens is 182 g/mol. The van der Waals surface area contributed by atoms with Crippen LogP contribution in [0.4, 0.5) is 0 Å². The van der Waals surface area contributed by atoms with Crippen molar-refractivity contribution in [2.45, 2.75) is 0 Å². The zero-order valence-electron chi connectivity index (χ0n) is 6.13. The fourth-order valence-electron chi connectivity index (χ4n) is 0. The minimum absolute atomic E-state index is 0. The van der Waals surface area contributed by atoms with Crippen molar-refractivity contribution in [2.24, 2.45) is 5.34 Å². The molecule has 0 rings (SSSR count). The van der Waals surface area contributed by atoms with Gasteiger partial charge in [-0.25, -0.2) is 0 Å². The first-order valence-electron chi connectivity index (χ1n) is 1.08. The minimum Gasteiger partial charge on any atom is -1.00 e. The third-order valence-corrected chi connectivity index (χ3v) is 0. The van der Waals surface area contributed by atoms with E-state index in [9.17, 15) is 0 Å². The van der Waals surface area contributed by atoms with Gasteiger partial charge in [0.2, 0.25) is 0 Å². The normalized spacial score (nSPS) is 7.78. The van der Waals surface area contributed by atoms with Gasteiger partial charge in [0.05, 0.1) is 0 Å². The van der Waals surface area contributed by atoms with Crippen LogP contribution < -0.4 is 0 Å². The summed E-state index contributed by atoms with van der Waals surface area (Å²) in [6, 6.07) is 0. The minimum atomic E-state index is -4.67. The Kier molecular flexibility index (Phi) is 15.4. The monoisotopic (exact) mass is 187 g/mol. The first-order valence-corrected chi connectivity index (χ1v) is 2.48. The van der Waals surface area contributed by atoms with Crippen molar-refractivity contribution >= 4 is 48.1 Å². The predicted molar refractivity (Wildman–Crippen MR) is 29.7 cm³/mol. The van der Waals surface area contributed by atoms with E-state index in [0.717, 1.165) is 0 Å². The molecule has 0 aliphatic rings. The Balaban J connectivity index is -0.0000000183. The van der Waals surface area contributed by atoms with E-state index in [0.29, 0.717) is 0 Å². The Morgan fingerprint density at radius 2 is 1.33 bits per heavy atom. The number of rotatable bonds is 0. The molecule has 0 heterocycles. The SMILES string of the molecule is O=NO.O=S(=O)(O)O.[Ca+2].[H-].[H-]. The summed E-state index contributed by atoms with van der Waals surface area (Å²) in [5.74, 6) is 0. The predicted octanol–water partition coefficient (Wildman–Crippen LogP) is -0.667. The third kappa shape index (κ3) is 1300. The van der Waals surface area contributed by atoms with E-state index in [1.807, 2.05) is 0 Å². The molecule has 0 saturated heterocycles. The summed E-state index contributed by atoms with van der Waals surface area (Å²) >= 11 is 0. The Hall–Kier alpha value is 0.530. The zero-order chi connectivity index (χ0) is 7.21. The summed E-state index contributed by atoms with van der Waals surface area (Å²) in [7, 11) is -4.67. The summed E-state index contributed by atoms with van der Waals surface area (Å²) in [6.07, 6.45) is 0. The molecule has 54 valence electrons. The summed E-state index contributed by atoms with van der Waals surface area (Å²) < 4.78 is 31.6. The third-order valence-electron chi connectivity index (χ3n) is 0. The quantitative estimate of drug-likeness (QED) is 0.200.